The van der Waals surface area contributed by atoms with E-state index in [0.29, 0.717) is 6.04 Å². The topological polar surface area (TPSA) is 37.3 Å². The molecule has 0 aliphatic rings. The SMILES string of the molecule is CC(C[Si](C)(C)c1ccccc1)(C(=O)O)c1ccccc1. The van der Waals surface area contributed by atoms with E-state index in [0.717, 1.165) is 5.56 Å². The van der Waals surface area contributed by atoms with Crippen molar-refractivity contribution in [1.29, 1.82) is 0 Å². The molecule has 0 fully saturated rings. The molecule has 3 heteroatoms. The standard InChI is InChI=1S/C18H22O2Si/c1-18(17(19)20,15-10-6-4-7-11-15)14-21(2,3)16-12-8-5-9-13-16/h4-13H,14H2,1-3H3,(H,19,20). The van der Waals surface area contributed by atoms with Gasteiger partial charge >= 0.3 is 5.97 Å². The molecule has 1 unspecified atom stereocenters. The number of carboxylic acids is 1. The Hall–Kier alpha value is -1.87. The number of hydrogen-bond acceptors (Lipinski definition) is 1. The average Bonchev–Trinajstić information content (AvgIpc) is 2.48. The Morgan fingerprint density at radius 2 is 1.48 bits per heavy atom. The third-order valence-electron chi connectivity index (χ3n) is 4.23. The minimum atomic E-state index is -1.84. The van der Waals surface area contributed by atoms with Crippen LogP contribution in [-0.4, -0.2) is 19.1 Å². The van der Waals surface area contributed by atoms with Crippen molar-refractivity contribution in [2.75, 3.05) is 0 Å². The van der Waals surface area contributed by atoms with Gasteiger partial charge in [-0.05, 0) is 18.5 Å². The lowest BCUT2D eigenvalue weighted by molar-refractivity contribution is -0.142. The van der Waals surface area contributed by atoms with Gasteiger partial charge in [-0.3, -0.25) is 4.79 Å². The van der Waals surface area contributed by atoms with Gasteiger partial charge in [0.25, 0.3) is 0 Å². The summed E-state index contributed by atoms with van der Waals surface area (Å²) >= 11 is 0. The van der Waals surface area contributed by atoms with E-state index in [-0.39, 0.29) is 0 Å². The van der Waals surface area contributed by atoms with Crippen molar-refractivity contribution in [3.8, 4) is 0 Å². The molecule has 2 aromatic rings. The number of benzene rings is 2. The van der Waals surface area contributed by atoms with Crippen molar-refractivity contribution < 1.29 is 9.90 Å². The van der Waals surface area contributed by atoms with Crippen LogP contribution in [0.1, 0.15) is 12.5 Å². The second-order valence-corrected chi connectivity index (χ2v) is 11.1. The summed E-state index contributed by atoms with van der Waals surface area (Å²) in [5, 5.41) is 11.1. The summed E-state index contributed by atoms with van der Waals surface area (Å²) in [6.45, 7) is 6.33. The third-order valence-corrected chi connectivity index (χ3v) is 7.72. The van der Waals surface area contributed by atoms with Crippen LogP contribution in [0.5, 0.6) is 0 Å². The fourth-order valence-corrected chi connectivity index (χ4v) is 6.40. The third kappa shape index (κ3) is 3.24. The van der Waals surface area contributed by atoms with E-state index in [1.165, 1.54) is 5.19 Å². The number of carbonyl (C=O) groups is 1. The van der Waals surface area contributed by atoms with Gasteiger partial charge in [0.2, 0.25) is 0 Å². The quantitative estimate of drug-likeness (QED) is 0.856. The van der Waals surface area contributed by atoms with Crippen LogP contribution in [0.25, 0.3) is 0 Å². The molecule has 21 heavy (non-hydrogen) atoms. The molecule has 2 nitrogen and oxygen atoms in total. The van der Waals surface area contributed by atoms with Crippen molar-refractivity contribution in [2.24, 2.45) is 0 Å². The molecule has 0 aromatic heterocycles. The Balaban J connectivity index is 2.39. The number of hydrogen-bond donors (Lipinski definition) is 1. The lowest BCUT2D eigenvalue weighted by Crippen LogP contribution is -2.49. The van der Waals surface area contributed by atoms with Crippen LogP contribution in [0, 0.1) is 0 Å². The lowest BCUT2D eigenvalue weighted by Gasteiger charge is -2.34. The Labute approximate surface area is 127 Å². The maximum atomic E-state index is 12.0. The predicted molar refractivity (Wildman–Crippen MR) is 89.8 cm³/mol. The highest BCUT2D eigenvalue weighted by Crippen LogP contribution is 2.33. The van der Waals surface area contributed by atoms with Gasteiger partial charge in [-0.15, -0.1) is 0 Å². The lowest BCUT2D eigenvalue weighted by atomic mass is 9.84. The van der Waals surface area contributed by atoms with Gasteiger partial charge < -0.3 is 5.11 Å². The number of carboxylic acid groups (broad SMARTS) is 1. The number of aliphatic carboxylic acids is 1. The van der Waals surface area contributed by atoms with Crippen LogP contribution in [0.3, 0.4) is 0 Å². The van der Waals surface area contributed by atoms with E-state index in [1.807, 2.05) is 55.5 Å². The molecule has 1 N–H and O–H groups in total. The summed E-state index contributed by atoms with van der Waals surface area (Å²) in [5.41, 5.74) is 0.0429. The Kier molecular flexibility index (Phi) is 4.33. The smallest absolute Gasteiger partial charge is 0.313 e. The van der Waals surface area contributed by atoms with Crippen LogP contribution >= 0.6 is 0 Å². The predicted octanol–water partition coefficient (Wildman–Crippen LogP) is 3.64. The minimum Gasteiger partial charge on any atom is -0.481 e. The minimum absolute atomic E-state index is 0.684. The van der Waals surface area contributed by atoms with E-state index in [4.69, 9.17) is 0 Å². The molecule has 0 saturated heterocycles. The number of rotatable bonds is 5. The average molecular weight is 298 g/mol. The van der Waals surface area contributed by atoms with Crippen LogP contribution in [0.2, 0.25) is 19.1 Å². The van der Waals surface area contributed by atoms with E-state index in [9.17, 15) is 9.90 Å². The molecule has 0 saturated carbocycles. The molecule has 0 bridgehead atoms. The van der Waals surface area contributed by atoms with Gasteiger partial charge in [-0.2, -0.15) is 0 Å². The molecule has 2 aromatic carbocycles. The first-order valence-corrected chi connectivity index (χ1v) is 10.4. The van der Waals surface area contributed by atoms with E-state index in [2.05, 4.69) is 25.2 Å². The largest absolute Gasteiger partial charge is 0.481 e. The molecule has 0 amide bonds. The first kappa shape index (κ1) is 15.5. The van der Waals surface area contributed by atoms with Gasteiger partial charge in [0, 0.05) is 0 Å². The molecular weight excluding hydrogens is 276 g/mol. The van der Waals surface area contributed by atoms with E-state index in [1.54, 1.807) is 0 Å². The van der Waals surface area contributed by atoms with Crippen LogP contribution in [0.15, 0.2) is 60.7 Å². The second-order valence-electron chi connectivity index (χ2n) is 6.43. The highest BCUT2D eigenvalue weighted by Gasteiger charge is 2.41. The molecule has 0 radical (unpaired) electrons. The van der Waals surface area contributed by atoms with Crippen LogP contribution in [-0.2, 0) is 10.2 Å². The van der Waals surface area contributed by atoms with Crippen molar-refractivity contribution in [1.82, 2.24) is 0 Å². The molecule has 1 atom stereocenters. The first-order chi connectivity index (χ1) is 9.86. The summed E-state index contributed by atoms with van der Waals surface area (Å²) in [6.07, 6.45) is 0. The molecular formula is C18H22O2Si. The van der Waals surface area contributed by atoms with Gasteiger partial charge in [-0.25, -0.2) is 0 Å². The van der Waals surface area contributed by atoms with Crippen molar-refractivity contribution in [3.05, 3.63) is 66.2 Å². The zero-order valence-corrected chi connectivity index (χ0v) is 13.8. The van der Waals surface area contributed by atoms with Crippen molar-refractivity contribution in [3.63, 3.8) is 0 Å². The Morgan fingerprint density at radius 1 is 1.00 bits per heavy atom. The monoisotopic (exact) mass is 298 g/mol. The summed E-state index contributed by atoms with van der Waals surface area (Å²) < 4.78 is 0. The fourth-order valence-electron chi connectivity index (χ4n) is 2.98. The van der Waals surface area contributed by atoms with Crippen LogP contribution in [0.4, 0.5) is 0 Å². The fraction of sp³-hybridized carbons (Fsp3) is 0.278. The Morgan fingerprint density at radius 3 is 1.95 bits per heavy atom. The molecule has 0 aliphatic carbocycles. The molecule has 2 rings (SSSR count). The summed E-state index contributed by atoms with van der Waals surface area (Å²) in [7, 11) is -1.84. The maximum Gasteiger partial charge on any atom is 0.313 e. The van der Waals surface area contributed by atoms with Crippen molar-refractivity contribution >= 4 is 19.2 Å². The van der Waals surface area contributed by atoms with Gasteiger partial charge in [-0.1, -0.05) is 78.9 Å². The summed E-state index contributed by atoms with van der Waals surface area (Å²) in [5.74, 6) is -0.745. The highest BCUT2D eigenvalue weighted by molar-refractivity contribution is 6.90. The maximum absolute atomic E-state index is 12.0. The summed E-state index contributed by atoms with van der Waals surface area (Å²) in [6, 6.07) is 20.6. The zero-order chi connectivity index (χ0) is 15.5. The Bertz CT molecular complexity index is 608. The molecule has 0 heterocycles. The van der Waals surface area contributed by atoms with Crippen molar-refractivity contribution in [2.45, 2.75) is 31.5 Å². The summed E-state index contributed by atoms with van der Waals surface area (Å²) in [4.78, 5) is 12.0. The van der Waals surface area contributed by atoms with Gasteiger partial charge in [0.05, 0.1) is 13.5 Å². The molecule has 0 aliphatic heterocycles. The van der Waals surface area contributed by atoms with E-state index >= 15 is 0 Å². The second kappa shape index (κ2) is 5.86. The first-order valence-electron chi connectivity index (χ1n) is 7.21. The molecule has 110 valence electrons. The van der Waals surface area contributed by atoms with E-state index < -0.39 is 19.5 Å². The highest BCUT2D eigenvalue weighted by atomic mass is 28.3. The zero-order valence-electron chi connectivity index (χ0n) is 12.8. The van der Waals surface area contributed by atoms with Gasteiger partial charge in [0.15, 0.2) is 0 Å². The normalized spacial score (nSPS) is 14.4. The van der Waals surface area contributed by atoms with Crippen LogP contribution < -0.4 is 5.19 Å². The molecule has 0 spiro atoms. The van der Waals surface area contributed by atoms with Gasteiger partial charge in [0.1, 0.15) is 0 Å².